The Hall–Kier alpha value is -3.42. The van der Waals surface area contributed by atoms with E-state index in [1.165, 1.54) is 32.2 Å². The highest BCUT2D eigenvalue weighted by molar-refractivity contribution is 7.90. The van der Waals surface area contributed by atoms with E-state index < -0.39 is 45.8 Å². The van der Waals surface area contributed by atoms with Gasteiger partial charge in [-0.05, 0) is 69.9 Å². The van der Waals surface area contributed by atoms with Crippen LogP contribution in [0.2, 0.25) is 0 Å². The first-order valence-electron chi connectivity index (χ1n) is 12.6. The zero-order valence-electron chi connectivity index (χ0n) is 22.1. The molecule has 1 aromatic carbocycles. The quantitative estimate of drug-likeness (QED) is 0.456. The molecule has 0 aliphatic carbocycles. The molecule has 2 fully saturated rings. The zero-order chi connectivity index (χ0) is 29.5. The number of halogens is 4. The number of sulfone groups is 1. The number of alkyl halides is 3. The van der Waals surface area contributed by atoms with Gasteiger partial charge in [0.25, 0.3) is 11.8 Å². The van der Waals surface area contributed by atoms with Crippen molar-refractivity contribution in [1.82, 2.24) is 15.6 Å². The molecule has 218 valence electrons. The van der Waals surface area contributed by atoms with Crippen LogP contribution in [0.3, 0.4) is 0 Å². The number of anilines is 1. The van der Waals surface area contributed by atoms with Crippen molar-refractivity contribution in [2.75, 3.05) is 17.7 Å². The second kappa shape index (κ2) is 10.9. The monoisotopic (exact) mass is 586 g/mol. The van der Waals surface area contributed by atoms with E-state index in [9.17, 15) is 35.6 Å². The lowest BCUT2D eigenvalue weighted by Gasteiger charge is -2.41. The normalized spacial score (nSPS) is 21.2. The molecule has 2 amide bonds. The molecule has 3 heterocycles. The number of fused-ring (bicyclic) bond motifs is 2. The third-order valence-corrected chi connectivity index (χ3v) is 8.13. The van der Waals surface area contributed by atoms with Gasteiger partial charge < -0.3 is 20.3 Å². The van der Waals surface area contributed by atoms with E-state index >= 15 is 0 Å². The maximum Gasteiger partial charge on any atom is 0.405 e. The minimum absolute atomic E-state index is 0.0184. The molecule has 1 unspecified atom stereocenters. The number of pyridine rings is 1. The van der Waals surface area contributed by atoms with Crippen molar-refractivity contribution in [3.05, 3.63) is 47.9 Å². The molecule has 2 aromatic rings. The van der Waals surface area contributed by atoms with Crippen LogP contribution >= 0.6 is 0 Å². The maximum atomic E-state index is 13.7. The van der Waals surface area contributed by atoms with E-state index in [0.29, 0.717) is 18.7 Å². The molecular weight excluding hydrogens is 556 g/mol. The number of carbonyl (C=O) groups is 2. The molecule has 4 rings (SSSR count). The first-order chi connectivity index (χ1) is 18.5. The Morgan fingerprint density at radius 1 is 1.10 bits per heavy atom. The molecule has 40 heavy (non-hydrogen) atoms. The Balaban J connectivity index is 1.39. The zero-order valence-corrected chi connectivity index (χ0v) is 22.9. The summed E-state index contributed by atoms with van der Waals surface area (Å²) in [6.45, 7) is 1.57. The highest BCUT2D eigenvalue weighted by Crippen LogP contribution is 2.39. The minimum Gasteiger partial charge on any atom is -0.477 e. The van der Waals surface area contributed by atoms with Gasteiger partial charge in [0.1, 0.15) is 28.8 Å². The molecule has 9 nitrogen and oxygen atoms in total. The average molecular weight is 587 g/mol. The summed E-state index contributed by atoms with van der Waals surface area (Å²) in [5.74, 6) is -1.60. The van der Waals surface area contributed by atoms with Crippen LogP contribution in [-0.4, -0.2) is 67.9 Å². The predicted octanol–water partition coefficient (Wildman–Crippen LogP) is 3.39. The van der Waals surface area contributed by atoms with Crippen LogP contribution in [0.5, 0.6) is 5.75 Å². The van der Waals surface area contributed by atoms with Crippen molar-refractivity contribution < 1.29 is 40.3 Å². The first kappa shape index (κ1) is 29.6. The summed E-state index contributed by atoms with van der Waals surface area (Å²) in [6, 6.07) is 6.01. The summed E-state index contributed by atoms with van der Waals surface area (Å²) in [5, 5.41) is 4.81. The molecule has 2 N–H and O–H groups in total. The summed E-state index contributed by atoms with van der Waals surface area (Å²) in [4.78, 5) is 31.2. The molecule has 2 saturated heterocycles. The molecule has 3 atom stereocenters. The lowest BCUT2D eigenvalue weighted by Crippen LogP contribution is -2.55. The fourth-order valence-corrected chi connectivity index (χ4v) is 5.96. The van der Waals surface area contributed by atoms with Crippen LogP contribution in [0.25, 0.3) is 0 Å². The van der Waals surface area contributed by atoms with Crippen LogP contribution in [0, 0.1) is 5.82 Å². The Morgan fingerprint density at radius 2 is 1.75 bits per heavy atom. The number of carbonyl (C=O) groups excluding carboxylic acids is 2. The van der Waals surface area contributed by atoms with Crippen molar-refractivity contribution in [1.29, 1.82) is 0 Å². The first-order valence-corrected chi connectivity index (χ1v) is 14.5. The number of piperidine rings is 1. The summed E-state index contributed by atoms with van der Waals surface area (Å²) in [7, 11) is -3.81. The summed E-state index contributed by atoms with van der Waals surface area (Å²) >= 11 is 0. The maximum absolute atomic E-state index is 13.7. The number of rotatable bonds is 8. The van der Waals surface area contributed by atoms with Crippen molar-refractivity contribution in [3.8, 4) is 5.75 Å². The highest BCUT2D eigenvalue weighted by atomic mass is 32.2. The number of nitrogens with zero attached hydrogens (tertiary/aromatic N) is 2. The standard InChI is InChI=1S/C26H30F4N4O5S/c1-25(2,39-20-8-5-16(27)10-21(20)40(3,37)38)24(36)33-17-11-18-6-7-19(12-17)34(18)22-9-4-15(13-31-22)23(35)32-14-26(28,29)30/h4-5,8-10,13,17-19H,6-7,11-12,14H2,1-3H3,(H,32,35)(H,33,36)/t17?,18-,19+. The number of hydrogen-bond donors (Lipinski definition) is 2. The lowest BCUT2D eigenvalue weighted by atomic mass is 9.96. The van der Waals surface area contributed by atoms with Gasteiger partial charge in [-0.3, -0.25) is 9.59 Å². The number of aromatic nitrogens is 1. The Morgan fingerprint density at radius 3 is 2.30 bits per heavy atom. The van der Waals surface area contributed by atoms with Crippen molar-refractivity contribution in [2.45, 2.75) is 74.3 Å². The van der Waals surface area contributed by atoms with Crippen LogP contribution in [0.1, 0.15) is 49.9 Å². The van der Waals surface area contributed by atoms with E-state index in [4.69, 9.17) is 4.74 Å². The van der Waals surface area contributed by atoms with Gasteiger partial charge in [-0.15, -0.1) is 0 Å². The van der Waals surface area contributed by atoms with Crippen molar-refractivity contribution in [3.63, 3.8) is 0 Å². The van der Waals surface area contributed by atoms with Crippen LogP contribution in [0.15, 0.2) is 41.4 Å². The molecule has 2 aliphatic heterocycles. The number of amides is 2. The van der Waals surface area contributed by atoms with Gasteiger partial charge in [-0.2, -0.15) is 13.2 Å². The van der Waals surface area contributed by atoms with Gasteiger partial charge in [0.15, 0.2) is 15.4 Å². The summed E-state index contributed by atoms with van der Waals surface area (Å²) < 4.78 is 80.8. The lowest BCUT2D eigenvalue weighted by molar-refractivity contribution is -0.135. The largest absolute Gasteiger partial charge is 0.477 e. The fraction of sp³-hybridized carbons (Fsp3) is 0.500. The Kier molecular flexibility index (Phi) is 8.03. The molecule has 0 spiro atoms. The van der Waals surface area contributed by atoms with E-state index in [0.717, 1.165) is 31.2 Å². The molecule has 2 bridgehead atoms. The average Bonchev–Trinajstić information content (AvgIpc) is 3.12. The number of benzene rings is 1. The summed E-state index contributed by atoms with van der Waals surface area (Å²) in [6.07, 6.45) is 0.547. The number of hydrogen-bond acceptors (Lipinski definition) is 7. The van der Waals surface area contributed by atoms with Crippen molar-refractivity contribution in [2.24, 2.45) is 0 Å². The SMILES string of the molecule is CC(C)(Oc1ccc(F)cc1S(C)(=O)=O)C(=O)NC1C[C@H]2CC[C@@H](C1)N2c1ccc(C(=O)NCC(F)(F)F)cn1. The van der Waals surface area contributed by atoms with Gasteiger partial charge in [-0.1, -0.05) is 0 Å². The van der Waals surface area contributed by atoms with E-state index in [2.05, 4.69) is 15.2 Å². The second-order valence-electron chi connectivity index (χ2n) is 10.6. The topological polar surface area (TPSA) is 118 Å². The van der Waals surface area contributed by atoms with E-state index in [1.807, 2.05) is 5.32 Å². The Bertz CT molecular complexity index is 1370. The number of ether oxygens (including phenoxy) is 1. The molecule has 1 aromatic heterocycles. The Labute approximate surface area is 229 Å². The third kappa shape index (κ3) is 6.83. The van der Waals surface area contributed by atoms with Gasteiger partial charge in [0.2, 0.25) is 0 Å². The van der Waals surface area contributed by atoms with Gasteiger partial charge in [0.05, 0.1) is 5.56 Å². The van der Waals surface area contributed by atoms with Gasteiger partial charge in [0, 0.05) is 30.6 Å². The molecule has 0 radical (unpaired) electrons. The number of nitrogens with one attached hydrogen (secondary N) is 2. The molecule has 0 saturated carbocycles. The highest BCUT2D eigenvalue weighted by Gasteiger charge is 2.43. The summed E-state index contributed by atoms with van der Waals surface area (Å²) in [5.41, 5.74) is -1.44. The second-order valence-corrected chi connectivity index (χ2v) is 12.6. The fourth-order valence-electron chi connectivity index (χ4n) is 5.16. The minimum atomic E-state index is -4.51. The molecule has 2 aliphatic rings. The van der Waals surface area contributed by atoms with Gasteiger partial charge in [-0.25, -0.2) is 17.8 Å². The smallest absolute Gasteiger partial charge is 0.405 e. The molecule has 14 heteroatoms. The van der Waals surface area contributed by atoms with Crippen LogP contribution in [0.4, 0.5) is 23.4 Å². The predicted molar refractivity (Wildman–Crippen MR) is 137 cm³/mol. The van der Waals surface area contributed by atoms with Crippen LogP contribution in [-0.2, 0) is 14.6 Å². The van der Waals surface area contributed by atoms with Crippen molar-refractivity contribution >= 4 is 27.5 Å². The third-order valence-electron chi connectivity index (χ3n) is 7.01. The molecular formula is C26H30F4N4O5S. The van der Waals surface area contributed by atoms with E-state index in [1.54, 1.807) is 6.07 Å². The van der Waals surface area contributed by atoms with Gasteiger partial charge >= 0.3 is 6.18 Å². The van der Waals surface area contributed by atoms with Crippen LogP contribution < -0.4 is 20.3 Å². The van der Waals surface area contributed by atoms with E-state index in [-0.39, 0.29) is 34.3 Å².